The van der Waals surface area contributed by atoms with E-state index in [9.17, 15) is 14.9 Å². The number of hydrogen-bond acceptors (Lipinski definition) is 7. The van der Waals surface area contributed by atoms with Crippen molar-refractivity contribution in [2.24, 2.45) is 0 Å². The maximum atomic E-state index is 12.9. The number of nitro benzene ring substituents is 1. The summed E-state index contributed by atoms with van der Waals surface area (Å²) in [7, 11) is 4.01. The van der Waals surface area contributed by atoms with Gasteiger partial charge in [-0.05, 0) is 37.1 Å². The third-order valence-electron chi connectivity index (χ3n) is 5.81. The predicted molar refractivity (Wildman–Crippen MR) is 124 cm³/mol. The zero-order valence-electron chi connectivity index (χ0n) is 19.4. The Morgan fingerprint density at radius 3 is 2.12 bits per heavy atom. The Balaban J connectivity index is 1.72. The molecule has 1 aliphatic heterocycles. The fourth-order valence-electron chi connectivity index (χ4n) is 4.09. The van der Waals surface area contributed by atoms with E-state index in [0.29, 0.717) is 0 Å². The van der Waals surface area contributed by atoms with Gasteiger partial charge in [-0.2, -0.15) is 0 Å². The number of nitrogens with one attached hydrogen (secondary N) is 1. The van der Waals surface area contributed by atoms with Crippen LogP contribution in [0.1, 0.15) is 47.2 Å². The third kappa shape index (κ3) is 5.92. The number of carbonyl (C=O) groups excluding carboxylic acids is 1. The zero-order chi connectivity index (χ0) is 23.8. The molecule has 0 atom stereocenters. The second kappa shape index (κ2) is 11.5. The molecule has 9 nitrogen and oxygen atoms in total. The van der Waals surface area contributed by atoms with Crippen molar-refractivity contribution in [2.45, 2.75) is 38.8 Å². The SMILES string of the molecule is COc1cc(C(=O)NCc2ccc(CN3CCCCCC3)cc2)c([N+](=O)[O-])c(OC)c1OC. The summed E-state index contributed by atoms with van der Waals surface area (Å²) in [5, 5.41) is 14.5. The Morgan fingerprint density at radius 2 is 1.58 bits per heavy atom. The highest BCUT2D eigenvalue weighted by Gasteiger charge is 2.32. The number of carbonyl (C=O) groups is 1. The molecule has 1 fully saturated rings. The number of nitrogens with zero attached hydrogens (tertiary/aromatic N) is 2. The molecule has 33 heavy (non-hydrogen) atoms. The summed E-state index contributed by atoms with van der Waals surface area (Å²) in [6.45, 7) is 3.41. The molecule has 0 aromatic heterocycles. The first-order valence-electron chi connectivity index (χ1n) is 11.0. The summed E-state index contributed by atoms with van der Waals surface area (Å²) < 4.78 is 15.6. The van der Waals surface area contributed by atoms with Gasteiger partial charge in [-0.15, -0.1) is 0 Å². The van der Waals surface area contributed by atoms with Gasteiger partial charge in [0, 0.05) is 19.2 Å². The lowest BCUT2D eigenvalue weighted by atomic mass is 10.1. The molecule has 0 radical (unpaired) electrons. The van der Waals surface area contributed by atoms with Gasteiger partial charge in [0.15, 0.2) is 5.75 Å². The number of rotatable bonds is 9. The van der Waals surface area contributed by atoms with E-state index in [-0.39, 0.29) is 29.4 Å². The summed E-state index contributed by atoms with van der Waals surface area (Å²) in [6, 6.07) is 9.36. The molecule has 1 heterocycles. The molecule has 1 amide bonds. The average molecular weight is 458 g/mol. The third-order valence-corrected chi connectivity index (χ3v) is 5.81. The van der Waals surface area contributed by atoms with Crippen LogP contribution in [0, 0.1) is 10.1 Å². The van der Waals surface area contributed by atoms with Crippen molar-refractivity contribution >= 4 is 11.6 Å². The Bertz CT molecular complexity index is 969. The molecule has 1 N–H and O–H groups in total. The van der Waals surface area contributed by atoms with E-state index in [1.54, 1.807) is 0 Å². The molecule has 9 heteroatoms. The number of methoxy groups -OCH3 is 3. The number of likely N-dealkylation sites (tertiary alicyclic amines) is 1. The molecule has 0 unspecified atom stereocenters. The number of nitro groups is 1. The molecular formula is C24H31N3O6. The van der Waals surface area contributed by atoms with Gasteiger partial charge in [0.05, 0.1) is 26.3 Å². The highest BCUT2D eigenvalue weighted by molar-refractivity contribution is 6.00. The van der Waals surface area contributed by atoms with Crippen molar-refractivity contribution < 1.29 is 23.9 Å². The minimum Gasteiger partial charge on any atom is -0.493 e. The van der Waals surface area contributed by atoms with Crippen molar-refractivity contribution in [3.63, 3.8) is 0 Å². The molecule has 3 rings (SSSR count). The van der Waals surface area contributed by atoms with Crippen LogP contribution in [0.25, 0.3) is 0 Å². The molecule has 0 spiro atoms. The van der Waals surface area contributed by atoms with Crippen LogP contribution in [-0.2, 0) is 13.1 Å². The molecule has 0 saturated carbocycles. The molecule has 0 aliphatic carbocycles. The first-order valence-corrected chi connectivity index (χ1v) is 11.0. The molecule has 2 aromatic rings. The predicted octanol–water partition coefficient (Wildman–Crippen LogP) is 3.93. The first kappa shape index (κ1) is 24.3. The largest absolute Gasteiger partial charge is 0.493 e. The maximum absolute atomic E-state index is 12.9. The van der Waals surface area contributed by atoms with Crippen molar-refractivity contribution in [1.82, 2.24) is 10.2 Å². The van der Waals surface area contributed by atoms with Crippen LogP contribution in [0.4, 0.5) is 5.69 Å². The van der Waals surface area contributed by atoms with Crippen LogP contribution in [0.3, 0.4) is 0 Å². The highest BCUT2D eigenvalue weighted by Crippen LogP contribution is 2.46. The average Bonchev–Trinajstić information content (AvgIpc) is 3.10. The monoisotopic (exact) mass is 457 g/mol. The van der Waals surface area contributed by atoms with Gasteiger partial charge in [0.25, 0.3) is 5.91 Å². The fraction of sp³-hybridized carbons (Fsp3) is 0.458. The normalized spacial score (nSPS) is 14.3. The van der Waals surface area contributed by atoms with Crippen molar-refractivity contribution in [3.8, 4) is 17.2 Å². The quantitative estimate of drug-likeness (QED) is 0.449. The van der Waals surface area contributed by atoms with Gasteiger partial charge < -0.3 is 19.5 Å². The van der Waals surface area contributed by atoms with Gasteiger partial charge in [-0.25, -0.2) is 0 Å². The molecule has 1 aliphatic rings. The maximum Gasteiger partial charge on any atom is 0.327 e. The van der Waals surface area contributed by atoms with E-state index >= 15 is 0 Å². The fourth-order valence-corrected chi connectivity index (χ4v) is 4.09. The van der Waals surface area contributed by atoms with Crippen LogP contribution in [-0.4, -0.2) is 50.1 Å². The van der Waals surface area contributed by atoms with Gasteiger partial charge in [-0.3, -0.25) is 19.8 Å². The van der Waals surface area contributed by atoms with Gasteiger partial charge in [0.2, 0.25) is 11.5 Å². The first-order chi connectivity index (χ1) is 16.0. The summed E-state index contributed by atoms with van der Waals surface area (Å²) in [4.78, 5) is 26.4. The smallest absolute Gasteiger partial charge is 0.327 e. The van der Waals surface area contributed by atoms with Crippen LogP contribution < -0.4 is 19.5 Å². The number of hydrogen-bond donors (Lipinski definition) is 1. The lowest BCUT2D eigenvalue weighted by molar-refractivity contribution is -0.386. The Hall–Kier alpha value is -3.33. The summed E-state index contributed by atoms with van der Waals surface area (Å²) in [5.74, 6) is -0.536. The van der Waals surface area contributed by atoms with E-state index < -0.39 is 16.5 Å². The summed E-state index contributed by atoms with van der Waals surface area (Å²) in [5.41, 5.74) is 1.50. The lowest BCUT2D eigenvalue weighted by Gasteiger charge is -2.19. The standard InChI is InChI=1S/C24H31N3O6/c1-31-20-14-19(21(27(29)30)23(33-3)22(20)32-2)24(28)25-15-17-8-10-18(11-9-17)16-26-12-6-4-5-7-13-26/h8-11,14H,4-7,12-13,15-16H2,1-3H3,(H,25,28). The Labute approximate surface area is 193 Å². The van der Waals surface area contributed by atoms with E-state index in [2.05, 4.69) is 22.3 Å². The lowest BCUT2D eigenvalue weighted by Crippen LogP contribution is -2.25. The molecule has 1 saturated heterocycles. The highest BCUT2D eigenvalue weighted by atomic mass is 16.6. The minimum absolute atomic E-state index is 0.0586. The van der Waals surface area contributed by atoms with Crippen LogP contribution in [0.2, 0.25) is 0 Å². The van der Waals surface area contributed by atoms with E-state index in [1.807, 2.05) is 12.1 Å². The number of amides is 1. The Kier molecular flexibility index (Phi) is 8.48. The minimum atomic E-state index is -0.659. The van der Waals surface area contributed by atoms with Crippen molar-refractivity contribution in [3.05, 3.63) is 57.1 Å². The van der Waals surface area contributed by atoms with E-state index in [1.165, 1.54) is 58.6 Å². The van der Waals surface area contributed by atoms with Crippen molar-refractivity contribution in [2.75, 3.05) is 34.4 Å². The van der Waals surface area contributed by atoms with Gasteiger partial charge in [-0.1, -0.05) is 37.1 Å². The second-order valence-electron chi connectivity index (χ2n) is 7.99. The van der Waals surface area contributed by atoms with Crippen molar-refractivity contribution in [1.29, 1.82) is 0 Å². The molecule has 0 bridgehead atoms. The van der Waals surface area contributed by atoms with E-state index in [4.69, 9.17) is 14.2 Å². The topological polar surface area (TPSA) is 103 Å². The molecular weight excluding hydrogens is 426 g/mol. The van der Waals surface area contributed by atoms with Gasteiger partial charge in [0.1, 0.15) is 5.56 Å². The van der Waals surface area contributed by atoms with Gasteiger partial charge >= 0.3 is 5.69 Å². The summed E-state index contributed by atoms with van der Waals surface area (Å²) in [6.07, 6.45) is 5.10. The number of benzene rings is 2. The zero-order valence-corrected chi connectivity index (χ0v) is 19.4. The number of ether oxygens (including phenoxy) is 3. The van der Waals surface area contributed by atoms with Crippen LogP contribution in [0.15, 0.2) is 30.3 Å². The molecule has 178 valence electrons. The van der Waals surface area contributed by atoms with E-state index in [0.717, 1.165) is 25.2 Å². The Morgan fingerprint density at radius 1 is 0.970 bits per heavy atom. The van der Waals surface area contributed by atoms with Crippen LogP contribution >= 0.6 is 0 Å². The second-order valence-corrected chi connectivity index (χ2v) is 7.99. The molecule has 2 aromatic carbocycles. The van der Waals surface area contributed by atoms with Crippen LogP contribution in [0.5, 0.6) is 17.2 Å². The summed E-state index contributed by atoms with van der Waals surface area (Å²) >= 11 is 0.